The van der Waals surface area contributed by atoms with Gasteiger partial charge in [0, 0.05) is 51.1 Å². The van der Waals surface area contributed by atoms with E-state index < -0.39 is 11.6 Å². The quantitative estimate of drug-likeness (QED) is 0.745. The number of likely N-dealkylation sites (tertiary alicyclic amines) is 1. The largest absolute Gasteiger partial charge is 0.380 e. The van der Waals surface area contributed by atoms with Crippen molar-refractivity contribution >= 4 is 11.2 Å². The molecule has 1 fully saturated rings. The van der Waals surface area contributed by atoms with Crippen LogP contribution in [0.15, 0.2) is 35.3 Å². The number of nitrogens with one attached hydrogen (secondary N) is 1. The van der Waals surface area contributed by atoms with E-state index in [2.05, 4.69) is 14.9 Å². The van der Waals surface area contributed by atoms with E-state index in [4.69, 9.17) is 4.74 Å². The second-order valence-corrected chi connectivity index (χ2v) is 6.78. The van der Waals surface area contributed by atoms with E-state index in [9.17, 15) is 13.6 Å². The lowest BCUT2D eigenvalue weighted by Gasteiger charge is -2.15. The second kappa shape index (κ2) is 7.21. The molecule has 2 aromatic heterocycles. The first-order valence-corrected chi connectivity index (χ1v) is 8.83. The Morgan fingerprint density at radius 2 is 1.96 bits per heavy atom. The molecule has 1 aliphatic heterocycles. The summed E-state index contributed by atoms with van der Waals surface area (Å²) in [6, 6.07) is 5.05. The maximum Gasteiger partial charge on any atom is 0.327 e. The number of aromatic amines is 1. The van der Waals surface area contributed by atoms with Crippen LogP contribution in [0.2, 0.25) is 0 Å². The van der Waals surface area contributed by atoms with Gasteiger partial charge in [0.05, 0.1) is 11.6 Å². The van der Waals surface area contributed by atoms with Crippen LogP contribution in [0, 0.1) is 11.6 Å². The van der Waals surface area contributed by atoms with Crippen LogP contribution >= 0.6 is 0 Å². The summed E-state index contributed by atoms with van der Waals surface area (Å²) in [7, 11) is 1.71. The number of halogens is 2. The number of nitrogens with zero attached hydrogens (tertiary/aromatic N) is 3. The van der Waals surface area contributed by atoms with Crippen molar-refractivity contribution in [2.24, 2.45) is 0 Å². The van der Waals surface area contributed by atoms with E-state index >= 15 is 0 Å². The third-order valence-corrected chi connectivity index (χ3v) is 5.03. The van der Waals surface area contributed by atoms with Crippen LogP contribution in [-0.4, -0.2) is 52.3 Å². The lowest BCUT2D eigenvalue weighted by atomic mass is 10.1. The Bertz CT molecular complexity index is 1010. The summed E-state index contributed by atoms with van der Waals surface area (Å²) in [5.74, 6) is -1.31. The molecule has 0 amide bonds. The highest BCUT2D eigenvalue weighted by atomic mass is 19.1. The van der Waals surface area contributed by atoms with E-state index in [1.807, 2.05) is 0 Å². The molecule has 0 spiro atoms. The Labute approximate surface area is 154 Å². The minimum Gasteiger partial charge on any atom is -0.380 e. The Hall–Kier alpha value is -2.58. The van der Waals surface area contributed by atoms with Gasteiger partial charge in [0.2, 0.25) is 0 Å². The lowest BCUT2D eigenvalue weighted by Crippen LogP contribution is -2.29. The van der Waals surface area contributed by atoms with Gasteiger partial charge in [-0.05, 0) is 30.2 Å². The number of hydrogen-bond acceptors (Lipinski definition) is 4. The minimum atomic E-state index is -0.654. The molecule has 142 valence electrons. The molecule has 0 radical (unpaired) electrons. The summed E-state index contributed by atoms with van der Waals surface area (Å²) < 4.78 is 34.0. The number of hydrogen-bond donors (Lipinski definition) is 1. The van der Waals surface area contributed by atoms with Crippen molar-refractivity contribution in [1.29, 1.82) is 0 Å². The maximum atomic E-state index is 13.5. The molecule has 0 bridgehead atoms. The first kappa shape index (κ1) is 17.8. The summed E-state index contributed by atoms with van der Waals surface area (Å²) in [5, 5.41) is 0. The zero-order valence-corrected chi connectivity index (χ0v) is 14.9. The Morgan fingerprint density at radius 1 is 1.19 bits per heavy atom. The first-order chi connectivity index (χ1) is 13.0. The van der Waals surface area contributed by atoms with E-state index in [0.717, 1.165) is 25.6 Å². The maximum absolute atomic E-state index is 13.5. The van der Waals surface area contributed by atoms with Crippen molar-refractivity contribution in [3.63, 3.8) is 0 Å². The number of pyridine rings is 1. The number of methoxy groups -OCH3 is 1. The van der Waals surface area contributed by atoms with Crippen molar-refractivity contribution in [2.45, 2.75) is 19.1 Å². The number of fused-ring (bicyclic) bond motifs is 1. The fraction of sp³-hybridized carbons (Fsp3) is 0.368. The summed E-state index contributed by atoms with van der Waals surface area (Å²) >= 11 is 0. The van der Waals surface area contributed by atoms with Crippen molar-refractivity contribution in [3.8, 4) is 11.1 Å². The third-order valence-electron chi connectivity index (χ3n) is 5.03. The molecule has 3 aromatic rings. The fourth-order valence-electron chi connectivity index (χ4n) is 3.57. The lowest BCUT2D eigenvalue weighted by molar-refractivity contribution is 0.107. The molecule has 0 aliphatic carbocycles. The van der Waals surface area contributed by atoms with Crippen LogP contribution in [0.3, 0.4) is 0 Å². The van der Waals surface area contributed by atoms with Crippen molar-refractivity contribution < 1.29 is 13.5 Å². The highest BCUT2D eigenvalue weighted by Gasteiger charge is 2.22. The molecule has 1 aliphatic rings. The highest BCUT2D eigenvalue weighted by molar-refractivity contribution is 5.78. The monoisotopic (exact) mass is 374 g/mol. The molecule has 27 heavy (non-hydrogen) atoms. The average Bonchev–Trinajstić information content (AvgIpc) is 3.22. The van der Waals surface area contributed by atoms with Gasteiger partial charge >= 0.3 is 5.69 Å². The zero-order chi connectivity index (χ0) is 19.0. The molecule has 1 saturated heterocycles. The molecule has 4 rings (SSSR count). The van der Waals surface area contributed by atoms with Crippen LogP contribution in [0.25, 0.3) is 22.3 Å². The fourth-order valence-corrected chi connectivity index (χ4v) is 3.57. The molecule has 1 N–H and O–H groups in total. The molecule has 1 unspecified atom stereocenters. The second-order valence-electron chi connectivity index (χ2n) is 6.78. The van der Waals surface area contributed by atoms with Gasteiger partial charge in [0.25, 0.3) is 0 Å². The van der Waals surface area contributed by atoms with Gasteiger partial charge in [-0.2, -0.15) is 0 Å². The van der Waals surface area contributed by atoms with Gasteiger partial charge in [-0.1, -0.05) is 0 Å². The predicted octanol–water partition coefficient (Wildman–Crippen LogP) is 2.39. The van der Waals surface area contributed by atoms with Crippen molar-refractivity contribution in [3.05, 3.63) is 52.6 Å². The van der Waals surface area contributed by atoms with Gasteiger partial charge < -0.3 is 4.74 Å². The summed E-state index contributed by atoms with van der Waals surface area (Å²) in [5.41, 5.74) is 1.75. The highest BCUT2D eigenvalue weighted by Crippen LogP contribution is 2.23. The van der Waals surface area contributed by atoms with Crippen molar-refractivity contribution in [2.75, 3.05) is 26.7 Å². The molecular weight excluding hydrogens is 354 g/mol. The number of benzene rings is 1. The predicted molar refractivity (Wildman–Crippen MR) is 97.6 cm³/mol. The SMILES string of the molecule is COC1CCN(CCn2c(=O)[nH]c3ncc(-c4cc(F)cc(F)c4)cc32)C1. The molecule has 8 heteroatoms. The number of ether oxygens (including phenoxy) is 1. The van der Waals surface area contributed by atoms with Gasteiger partial charge in [-0.15, -0.1) is 0 Å². The Balaban J connectivity index is 1.63. The average molecular weight is 374 g/mol. The molecule has 3 heterocycles. The third kappa shape index (κ3) is 3.63. The van der Waals surface area contributed by atoms with Crippen LogP contribution in [-0.2, 0) is 11.3 Å². The Morgan fingerprint density at radius 3 is 2.67 bits per heavy atom. The standard InChI is InChI=1S/C19H20F2N4O2/c1-27-16-2-3-24(11-16)4-5-25-17-8-13(10-22-18(17)23-19(25)26)12-6-14(20)9-15(21)7-12/h6-10,16H,2-5,11H2,1H3,(H,22,23,26). The molecule has 6 nitrogen and oxygen atoms in total. The smallest absolute Gasteiger partial charge is 0.327 e. The number of H-pyrrole nitrogens is 1. The topological polar surface area (TPSA) is 63.1 Å². The number of rotatable bonds is 5. The minimum absolute atomic E-state index is 0.237. The van der Waals surface area contributed by atoms with Crippen molar-refractivity contribution in [1.82, 2.24) is 19.4 Å². The molecule has 0 saturated carbocycles. The van der Waals surface area contributed by atoms with E-state index in [0.29, 0.717) is 35.4 Å². The summed E-state index contributed by atoms with van der Waals surface area (Å²) in [6.07, 6.45) is 2.72. The van der Waals surface area contributed by atoms with Gasteiger partial charge in [-0.3, -0.25) is 14.5 Å². The summed E-state index contributed by atoms with van der Waals surface area (Å²) in [6.45, 7) is 2.99. The van der Waals surface area contributed by atoms with Crippen LogP contribution in [0.5, 0.6) is 0 Å². The van der Waals surface area contributed by atoms with Crippen LogP contribution in [0.4, 0.5) is 8.78 Å². The van der Waals surface area contributed by atoms with E-state index in [1.165, 1.54) is 18.3 Å². The van der Waals surface area contributed by atoms with Crippen LogP contribution in [0.1, 0.15) is 6.42 Å². The van der Waals surface area contributed by atoms with Gasteiger partial charge in [-0.25, -0.2) is 18.6 Å². The number of imidazole rings is 1. The zero-order valence-electron chi connectivity index (χ0n) is 14.9. The Kier molecular flexibility index (Phi) is 4.75. The van der Waals surface area contributed by atoms with Gasteiger partial charge in [0.1, 0.15) is 11.6 Å². The number of aromatic nitrogens is 3. The molecular formula is C19H20F2N4O2. The first-order valence-electron chi connectivity index (χ1n) is 8.83. The van der Waals surface area contributed by atoms with E-state index in [1.54, 1.807) is 17.7 Å². The normalized spacial score (nSPS) is 17.8. The molecule has 1 aromatic carbocycles. The van der Waals surface area contributed by atoms with Crippen LogP contribution < -0.4 is 5.69 Å². The van der Waals surface area contributed by atoms with E-state index in [-0.39, 0.29) is 11.8 Å². The van der Waals surface area contributed by atoms with Gasteiger partial charge in [0.15, 0.2) is 5.65 Å². The summed E-state index contributed by atoms with van der Waals surface area (Å²) in [4.78, 5) is 21.6. The molecule has 1 atom stereocenters.